The number of fused-ring (bicyclic) bond motifs is 1. The molecule has 0 radical (unpaired) electrons. The number of aromatic nitrogens is 1. The number of hydrogen-bond acceptors (Lipinski definition) is 5. The summed E-state index contributed by atoms with van der Waals surface area (Å²) in [6, 6.07) is 12.9. The van der Waals surface area contributed by atoms with Crippen LogP contribution in [0.15, 0.2) is 46.9 Å². The van der Waals surface area contributed by atoms with Gasteiger partial charge in [0, 0.05) is 24.2 Å². The number of carbonyl (C=O) groups is 1. The number of methoxy groups -OCH3 is 1. The first-order chi connectivity index (χ1) is 13.0. The van der Waals surface area contributed by atoms with Gasteiger partial charge in [-0.05, 0) is 56.3 Å². The summed E-state index contributed by atoms with van der Waals surface area (Å²) in [6.45, 7) is 5.15. The standard InChI is InChI=1S/C21H22N2O4/c1-13-11-23(12-14(2)26-13)21(24)16-6-9-18-19(10-16)27-20(22-18)15-4-7-17(25-3)8-5-15/h4-10,13-14H,11-12H2,1-3H3/t13-,14+. The average Bonchev–Trinajstić information content (AvgIpc) is 3.10. The first kappa shape index (κ1) is 17.5. The predicted molar refractivity (Wildman–Crippen MR) is 102 cm³/mol. The zero-order valence-electron chi connectivity index (χ0n) is 15.6. The summed E-state index contributed by atoms with van der Waals surface area (Å²) in [5, 5.41) is 0. The van der Waals surface area contributed by atoms with Gasteiger partial charge in [-0.2, -0.15) is 0 Å². The van der Waals surface area contributed by atoms with Gasteiger partial charge >= 0.3 is 0 Å². The van der Waals surface area contributed by atoms with Gasteiger partial charge in [0.25, 0.3) is 5.91 Å². The van der Waals surface area contributed by atoms with Gasteiger partial charge in [0.15, 0.2) is 5.58 Å². The van der Waals surface area contributed by atoms with E-state index in [1.165, 1.54) is 0 Å². The lowest BCUT2D eigenvalue weighted by molar-refractivity contribution is -0.0586. The van der Waals surface area contributed by atoms with E-state index in [0.29, 0.717) is 30.1 Å². The van der Waals surface area contributed by atoms with E-state index in [9.17, 15) is 4.79 Å². The second-order valence-electron chi connectivity index (χ2n) is 6.90. The Bertz CT molecular complexity index is 954. The van der Waals surface area contributed by atoms with Gasteiger partial charge in [0.05, 0.1) is 19.3 Å². The summed E-state index contributed by atoms with van der Waals surface area (Å²) >= 11 is 0. The number of hydrogen-bond donors (Lipinski definition) is 0. The summed E-state index contributed by atoms with van der Waals surface area (Å²) in [5.41, 5.74) is 2.78. The molecule has 1 aliphatic rings. The van der Waals surface area contributed by atoms with Crippen molar-refractivity contribution in [3.05, 3.63) is 48.0 Å². The predicted octanol–water partition coefficient (Wildman–Crippen LogP) is 3.75. The van der Waals surface area contributed by atoms with E-state index in [0.717, 1.165) is 16.8 Å². The Morgan fingerprint density at radius 3 is 2.48 bits per heavy atom. The SMILES string of the molecule is COc1ccc(-c2nc3ccc(C(=O)N4C[C@@H](C)O[C@@H](C)C4)cc3o2)cc1. The number of amides is 1. The van der Waals surface area contributed by atoms with Crippen LogP contribution < -0.4 is 4.74 Å². The molecule has 0 spiro atoms. The number of morpholine rings is 1. The Hall–Kier alpha value is -2.86. The minimum atomic E-state index is -0.0127. The van der Waals surface area contributed by atoms with Gasteiger partial charge in [-0.25, -0.2) is 4.98 Å². The van der Waals surface area contributed by atoms with Crippen molar-refractivity contribution in [1.29, 1.82) is 0 Å². The monoisotopic (exact) mass is 366 g/mol. The van der Waals surface area contributed by atoms with Crippen LogP contribution in [0.25, 0.3) is 22.6 Å². The van der Waals surface area contributed by atoms with Gasteiger partial charge in [0.1, 0.15) is 11.3 Å². The lowest BCUT2D eigenvalue weighted by Crippen LogP contribution is -2.48. The van der Waals surface area contributed by atoms with Gasteiger partial charge in [0.2, 0.25) is 5.89 Å². The van der Waals surface area contributed by atoms with Crippen LogP contribution in [-0.2, 0) is 4.74 Å². The number of carbonyl (C=O) groups excluding carboxylic acids is 1. The second kappa shape index (κ2) is 7.04. The van der Waals surface area contributed by atoms with E-state index in [-0.39, 0.29) is 18.1 Å². The van der Waals surface area contributed by atoms with Crippen LogP contribution in [-0.4, -0.2) is 48.2 Å². The molecule has 2 aromatic carbocycles. The highest BCUT2D eigenvalue weighted by Gasteiger charge is 2.27. The van der Waals surface area contributed by atoms with Crippen molar-refractivity contribution in [3.8, 4) is 17.2 Å². The summed E-state index contributed by atoms with van der Waals surface area (Å²) in [4.78, 5) is 19.2. The Kier molecular flexibility index (Phi) is 4.58. The van der Waals surface area contributed by atoms with Gasteiger partial charge in [-0.1, -0.05) is 0 Å². The largest absolute Gasteiger partial charge is 0.497 e. The fraction of sp³-hybridized carbons (Fsp3) is 0.333. The molecule has 2 heterocycles. The molecule has 0 aliphatic carbocycles. The number of rotatable bonds is 3. The molecule has 0 bridgehead atoms. The van der Waals surface area contributed by atoms with E-state index in [4.69, 9.17) is 13.9 Å². The quantitative estimate of drug-likeness (QED) is 0.706. The summed E-state index contributed by atoms with van der Waals surface area (Å²) in [5.74, 6) is 1.28. The van der Waals surface area contributed by atoms with Crippen LogP contribution in [0.2, 0.25) is 0 Å². The molecular formula is C21H22N2O4. The van der Waals surface area contributed by atoms with Crippen molar-refractivity contribution >= 4 is 17.0 Å². The molecule has 0 unspecified atom stereocenters. The lowest BCUT2D eigenvalue weighted by Gasteiger charge is -2.35. The molecule has 140 valence electrons. The van der Waals surface area contributed by atoms with Crippen molar-refractivity contribution in [2.45, 2.75) is 26.1 Å². The molecule has 0 saturated carbocycles. The van der Waals surface area contributed by atoms with Crippen LogP contribution >= 0.6 is 0 Å². The highest BCUT2D eigenvalue weighted by molar-refractivity contribution is 5.97. The highest BCUT2D eigenvalue weighted by atomic mass is 16.5. The van der Waals surface area contributed by atoms with Crippen molar-refractivity contribution in [2.75, 3.05) is 20.2 Å². The fourth-order valence-electron chi connectivity index (χ4n) is 3.44. The molecule has 2 atom stereocenters. The molecule has 4 rings (SSSR count). The molecule has 1 aromatic heterocycles. The van der Waals surface area contributed by atoms with Crippen LogP contribution in [0.5, 0.6) is 5.75 Å². The van der Waals surface area contributed by atoms with Crippen LogP contribution in [0.3, 0.4) is 0 Å². The number of benzene rings is 2. The second-order valence-corrected chi connectivity index (χ2v) is 6.90. The molecule has 1 aliphatic heterocycles. The van der Waals surface area contributed by atoms with Crippen molar-refractivity contribution in [3.63, 3.8) is 0 Å². The summed E-state index contributed by atoms with van der Waals surface area (Å²) < 4.78 is 16.8. The average molecular weight is 366 g/mol. The highest BCUT2D eigenvalue weighted by Crippen LogP contribution is 2.27. The number of oxazole rings is 1. The topological polar surface area (TPSA) is 64.8 Å². The maximum absolute atomic E-state index is 12.9. The molecule has 6 nitrogen and oxygen atoms in total. The van der Waals surface area contributed by atoms with Crippen molar-refractivity contribution < 1.29 is 18.7 Å². The first-order valence-electron chi connectivity index (χ1n) is 9.03. The molecule has 6 heteroatoms. The maximum atomic E-state index is 12.9. The van der Waals surface area contributed by atoms with Gasteiger partial charge < -0.3 is 18.8 Å². The van der Waals surface area contributed by atoms with Gasteiger partial charge in [-0.15, -0.1) is 0 Å². The third-order valence-electron chi connectivity index (χ3n) is 4.68. The minimum absolute atomic E-state index is 0.0127. The molecule has 1 fully saturated rings. The number of ether oxygens (including phenoxy) is 2. The minimum Gasteiger partial charge on any atom is -0.497 e. The van der Waals surface area contributed by atoms with Crippen molar-refractivity contribution in [1.82, 2.24) is 9.88 Å². The molecular weight excluding hydrogens is 344 g/mol. The Morgan fingerprint density at radius 1 is 1.11 bits per heavy atom. The smallest absolute Gasteiger partial charge is 0.254 e. The van der Waals surface area contributed by atoms with Gasteiger partial charge in [-0.3, -0.25) is 4.79 Å². The van der Waals surface area contributed by atoms with Crippen LogP contribution in [0, 0.1) is 0 Å². The zero-order valence-corrected chi connectivity index (χ0v) is 15.6. The van der Waals surface area contributed by atoms with E-state index >= 15 is 0 Å². The molecule has 3 aromatic rings. The molecule has 1 saturated heterocycles. The molecule has 27 heavy (non-hydrogen) atoms. The normalized spacial score (nSPS) is 20.0. The Labute approximate surface area is 157 Å². The van der Waals surface area contributed by atoms with Crippen LogP contribution in [0.4, 0.5) is 0 Å². The summed E-state index contributed by atoms with van der Waals surface area (Å²) in [7, 11) is 1.63. The number of nitrogens with zero attached hydrogens (tertiary/aromatic N) is 2. The zero-order chi connectivity index (χ0) is 19.0. The maximum Gasteiger partial charge on any atom is 0.254 e. The van der Waals surface area contributed by atoms with E-state index < -0.39 is 0 Å². The Morgan fingerprint density at radius 2 is 1.81 bits per heavy atom. The fourth-order valence-corrected chi connectivity index (χ4v) is 3.44. The first-order valence-corrected chi connectivity index (χ1v) is 9.03. The van der Waals surface area contributed by atoms with E-state index in [1.807, 2.05) is 49.1 Å². The third kappa shape index (κ3) is 3.53. The molecule has 0 N–H and O–H groups in total. The third-order valence-corrected chi connectivity index (χ3v) is 4.68. The summed E-state index contributed by atoms with van der Waals surface area (Å²) in [6.07, 6.45) is 0.0711. The molecule has 1 amide bonds. The van der Waals surface area contributed by atoms with Crippen LogP contribution in [0.1, 0.15) is 24.2 Å². The van der Waals surface area contributed by atoms with E-state index in [1.54, 1.807) is 19.2 Å². The van der Waals surface area contributed by atoms with E-state index in [2.05, 4.69) is 4.98 Å². The van der Waals surface area contributed by atoms with Crippen molar-refractivity contribution in [2.24, 2.45) is 0 Å². The lowest BCUT2D eigenvalue weighted by atomic mass is 10.1. The Balaban J connectivity index is 1.61.